The molecule has 0 unspecified atom stereocenters. The normalized spacial score (nSPS) is 15.7. The van der Waals surface area contributed by atoms with Crippen LogP contribution in [0.15, 0.2) is 16.7 Å². The summed E-state index contributed by atoms with van der Waals surface area (Å²) in [5.74, 6) is 0.373. The Morgan fingerprint density at radius 3 is 3.07 bits per heavy atom. The molecule has 4 heteroatoms. The number of furan rings is 1. The number of carboxylic acid groups (broad SMARTS) is 1. The maximum Gasteiger partial charge on any atom is 0.339 e. The average Bonchev–Trinajstić information content (AvgIpc) is 2.82. The molecule has 0 bridgehead atoms. The van der Waals surface area contributed by atoms with Gasteiger partial charge in [0.2, 0.25) is 0 Å². The van der Waals surface area contributed by atoms with Gasteiger partial charge in [-0.15, -0.1) is 0 Å². The third-order valence-corrected chi connectivity index (χ3v) is 2.39. The Balaban J connectivity index is 1.87. The summed E-state index contributed by atoms with van der Waals surface area (Å²) >= 11 is 0. The first-order chi connectivity index (χ1) is 6.77. The Hall–Kier alpha value is -1.29. The number of rotatable bonds is 5. The molecule has 0 aliphatic heterocycles. The maximum atomic E-state index is 10.7. The fourth-order valence-corrected chi connectivity index (χ4v) is 1.38. The molecular weight excluding hydrogens is 182 g/mol. The van der Waals surface area contributed by atoms with E-state index < -0.39 is 5.97 Å². The van der Waals surface area contributed by atoms with Crippen LogP contribution in [0.3, 0.4) is 0 Å². The summed E-state index contributed by atoms with van der Waals surface area (Å²) < 4.78 is 5.08. The molecule has 1 heterocycles. The SMILES string of the molecule is O=C(O)c1ccoc1CNCC1CC1. The lowest BCUT2D eigenvalue weighted by Crippen LogP contribution is -2.17. The standard InChI is InChI=1S/C10H13NO3/c12-10(13)8-3-4-14-9(8)6-11-5-7-1-2-7/h3-4,7,11H,1-2,5-6H2,(H,12,13). The van der Waals surface area contributed by atoms with Gasteiger partial charge in [0.15, 0.2) is 0 Å². The summed E-state index contributed by atoms with van der Waals surface area (Å²) in [6.45, 7) is 1.46. The van der Waals surface area contributed by atoms with Crippen molar-refractivity contribution in [2.75, 3.05) is 6.54 Å². The fraction of sp³-hybridized carbons (Fsp3) is 0.500. The second kappa shape index (κ2) is 3.84. The second-order valence-electron chi connectivity index (χ2n) is 3.64. The molecule has 1 aliphatic rings. The molecule has 0 radical (unpaired) electrons. The second-order valence-corrected chi connectivity index (χ2v) is 3.64. The van der Waals surface area contributed by atoms with Crippen molar-refractivity contribution in [2.24, 2.45) is 5.92 Å². The quantitative estimate of drug-likeness (QED) is 0.747. The van der Waals surface area contributed by atoms with Crippen molar-refractivity contribution >= 4 is 5.97 Å². The van der Waals surface area contributed by atoms with Gasteiger partial charge < -0.3 is 14.8 Å². The predicted octanol–water partition coefficient (Wildman–Crippen LogP) is 1.48. The average molecular weight is 195 g/mol. The Morgan fingerprint density at radius 2 is 2.43 bits per heavy atom. The number of nitrogens with one attached hydrogen (secondary N) is 1. The van der Waals surface area contributed by atoms with E-state index in [9.17, 15) is 4.79 Å². The summed E-state index contributed by atoms with van der Waals surface area (Å²) in [4.78, 5) is 10.7. The highest BCUT2D eigenvalue weighted by Gasteiger charge is 2.21. The van der Waals surface area contributed by atoms with Crippen LogP contribution in [-0.4, -0.2) is 17.6 Å². The molecule has 0 amide bonds. The first-order valence-electron chi connectivity index (χ1n) is 4.77. The lowest BCUT2D eigenvalue weighted by Gasteiger charge is -2.01. The highest BCUT2D eigenvalue weighted by molar-refractivity contribution is 5.88. The van der Waals surface area contributed by atoms with Gasteiger partial charge >= 0.3 is 5.97 Å². The molecular formula is C10H13NO3. The Morgan fingerprint density at radius 1 is 1.64 bits per heavy atom. The first-order valence-corrected chi connectivity index (χ1v) is 4.77. The summed E-state index contributed by atoms with van der Waals surface area (Å²) in [7, 11) is 0. The van der Waals surface area contributed by atoms with E-state index in [4.69, 9.17) is 9.52 Å². The molecule has 1 fully saturated rings. The van der Waals surface area contributed by atoms with Crippen LogP contribution in [0.4, 0.5) is 0 Å². The third kappa shape index (κ3) is 2.14. The van der Waals surface area contributed by atoms with Gasteiger partial charge in [0.1, 0.15) is 11.3 Å². The monoisotopic (exact) mass is 195 g/mol. The molecule has 1 saturated carbocycles. The van der Waals surface area contributed by atoms with Crippen molar-refractivity contribution in [1.82, 2.24) is 5.32 Å². The molecule has 0 saturated heterocycles. The summed E-state index contributed by atoms with van der Waals surface area (Å²) in [5.41, 5.74) is 0.258. The molecule has 2 N–H and O–H groups in total. The highest BCUT2D eigenvalue weighted by Crippen LogP contribution is 2.27. The Labute approximate surface area is 81.9 Å². The van der Waals surface area contributed by atoms with Crippen molar-refractivity contribution < 1.29 is 14.3 Å². The minimum Gasteiger partial charge on any atom is -0.478 e. The Kier molecular flexibility index (Phi) is 2.54. The molecule has 76 valence electrons. The summed E-state index contributed by atoms with van der Waals surface area (Å²) in [6.07, 6.45) is 3.99. The van der Waals surface area contributed by atoms with Gasteiger partial charge in [-0.05, 0) is 31.4 Å². The Bertz CT molecular complexity index is 328. The molecule has 1 aromatic heterocycles. The molecule has 14 heavy (non-hydrogen) atoms. The van der Waals surface area contributed by atoms with E-state index in [0.717, 1.165) is 12.5 Å². The first kappa shape index (κ1) is 9.27. The topological polar surface area (TPSA) is 62.5 Å². The van der Waals surface area contributed by atoms with E-state index in [1.54, 1.807) is 0 Å². The van der Waals surface area contributed by atoms with Gasteiger partial charge in [0.25, 0.3) is 0 Å². The molecule has 0 atom stereocenters. The fourth-order valence-electron chi connectivity index (χ4n) is 1.38. The van der Waals surface area contributed by atoms with Crippen LogP contribution in [0.1, 0.15) is 29.0 Å². The van der Waals surface area contributed by atoms with E-state index in [0.29, 0.717) is 12.3 Å². The van der Waals surface area contributed by atoms with E-state index in [1.807, 2.05) is 0 Å². The van der Waals surface area contributed by atoms with Crippen molar-refractivity contribution in [2.45, 2.75) is 19.4 Å². The lowest BCUT2D eigenvalue weighted by atomic mass is 10.2. The number of carbonyl (C=O) groups is 1. The summed E-state index contributed by atoms with van der Waals surface area (Å²) in [5, 5.41) is 12.0. The van der Waals surface area contributed by atoms with Gasteiger partial charge in [-0.3, -0.25) is 0 Å². The van der Waals surface area contributed by atoms with Crippen molar-refractivity contribution in [3.8, 4) is 0 Å². The molecule has 0 aromatic carbocycles. The van der Waals surface area contributed by atoms with Crippen LogP contribution in [-0.2, 0) is 6.54 Å². The minimum atomic E-state index is -0.929. The molecule has 0 spiro atoms. The third-order valence-electron chi connectivity index (χ3n) is 2.39. The van der Waals surface area contributed by atoms with E-state index in [1.165, 1.54) is 25.2 Å². The van der Waals surface area contributed by atoms with Crippen LogP contribution in [0.5, 0.6) is 0 Å². The maximum absolute atomic E-state index is 10.7. The molecule has 1 aliphatic carbocycles. The van der Waals surface area contributed by atoms with Gasteiger partial charge in [-0.2, -0.15) is 0 Å². The number of carboxylic acids is 1. The minimum absolute atomic E-state index is 0.258. The largest absolute Gasteiger partial charge is 0.478 e. The molecule has 1 aromatic rings. The van der Waals surface area contributed by atoms with Crippen LogP contribution in [0.25, 0.3) is 0 Å². The highest BCUT2D eigenvalue weighted by atomic mass is 16.4. The van der Waals surface area contributed by atoms with Gasteiger partial charge in [0, 0.05) is 0 Å². The number of hydrogen-bond acceptors (Lipinski definition) is 3. The number of hydrogen-bond donors (Lipinski definition) is 2. The lowest BCUT2D eigenvalue weighted by molar-refractivity contribution is 0.0694. The smallest absolute Gasteiger partial charge is 0.339 e. The number of aromatic carboxylic acids is 1. The van der Waals surface area contributed by atoms with Crippen molar-refractivity contribution in [3.05, 3.63) is 23.7 Å². The van der Waals surface area contributed by atoms with Crippen LogP contribution in [0, 0.1) is 5.92 Å². The van der Waals surface area contributed by atoms with E-state index >= 15 is 0 Å². The van der Waals surface area contributed by atoms with E-state index in [-0.39, 0.29) is 5.56 Å². The zero-order chi connectivity index (χ0) is 9.97. The van der Waals surface area contributed by atoms with Crippen LogP contribution < -0.4 is 5.32 Å². The zero-order valence-corrected chi connectivity index (χ0v) is 7.82. The van der Waals surface area contributed by atoms with E-state index in [2.05, 4.69) is 5.32 Å². The molecule has 2 rings (SSSR count). The summed E-state index contributed by atoms with van der Waals surface area (Å²) in [6, 6.07) is 1.48. The predicted molar refractivity (Wildman–Crippen MR) is 50.1 cm³/mol. The molecule has 4 nitrogen and oxygen atoms in total. The van der Waals surface area contributed by atoms with Gasteiger partial charge in [-0.25, -0.2) is 4.79 Å². The van der Waals surface area contributed by atoms with Crippen LogP contribution >= 0.6 is 0 Å². The van der Waals surface area contributed by atoms with Crippen molar-refractivity contribution in [1.29, 1.82) is 0 Å². The zero-order valence-electron chi connectivity index (χ0n) is 7.82. The van der Waals surface area contributed by atoms with Gasteiger partial charge in [0.05, 0.1) is 12.8 Å². The van der Waals surface area contributed by atoms with Crippen molar-refractivity contribution in [3.63, 3.8) is 0 Å². The van der Waals surface area contributed by atoms with Crippen LogP contribution in [0.2, 0.25) is 0 Å². The van der Waals surface area contributed by atoms with Gasteiger partial charge in [-0.1, -0.05) is 0 Å².